The van der Waals surface area contributed by atoms with E-state index in [4.69, 9.17) is 16.3 Å². The SMILES string of the molecule is CCOc1nc2c(C)cc(C(F)(F)F)c(-c3cc(Cl)c4[nH]ncc4c3)n2n1. The van der Waals surface area contributed by atoms with Crippen LogP contribution in [0.3, 0.4) is 0 Å². The van der Waals surface area contributed by atoms with Gasteiger partial charge in [0.15, 0.2) is 5.65 Å². The number of halogens is 4. The molecule has 0 saturated heterocycles. The third-order valence-electron chi connectivity index (χ3n) is 4.12. The molecule has 0 aliphatic carbocycles. The smallest absolute Gasteiger partial charge is 0.418 e. The Kier molecular flexibility index (Phi) is 3.99. The molecule has 27 heavy (non-hydrogen) atoms. The molecular formula is C17H13ClF3N5O. The molecule has 0 atom stereocenters. The van der Waals surface area contributed by atoms with Crippen LogP contribution in [-0.2, 0) is 6.18 Å². The van der Waals surface area contributed by atoms with E-state index in [0.717, 1.165) is 10.6 Å². The number of alkyl halides is 3. The number of aromatic amines is 1. The maximum Gasteiger partial charge on any atom is 0.418 e. The second-order valence-electron chi connectivity index (χ2n) is 5.94. The fraction of sp³-hybridized carbons (Fsp3) is 0.235. The molecule has 140 valence electrons. The number of nitrogens with zero attached hydrogens (tertiary/aromatic N) is 4. The number of benzene rings is 1. The highest BCUT2D eigenvalue weighted by atomic mass is 35.5. The minimum atomic E-state index is -4.59. The summed E-state index contributed by atoms with van der Waals surface area (Å²) in [4.78, 5) is 4.20. The van der Waals surface area contributed by atoms with Gasteiger partial charge in [0, 0.05) is 10.9 Å². The lowest BCUT2D eigenvalue weighted by molar-refractivity contribution is -0.137. The number of aromatic nitrogens is 5. The topological polar surface area (TPSA) is 68.1 Å². The van der Waals surface area contributed by atoms with Gasteiger partial charge in [-0.2, -0.15) is 23.3 Å². The van der Waals surface area contributed by atoms with Crippen LogP contribution in [0.1, 0.15) is 18.1 Å². The predicted molar refractivity (Wildman–Crippen MR) is 94.0 cm³/mol. The molecule has 4 rings (SSSR count). The van der Waals surface area contributed by atoms with Crippen molar-refractivity contribution in [2.45, 2.75) is 20.0 Å². The van der Waals surface area contributed by atoms with Gasteiger partial charge in [0.25, 0.3) is 0 Å². The van der Waals surface area contributed by atoms with E-state index in [9.17, 15) is 13.2 Å². The van der Waals surface area contributed by atoms with Crippen LogP contribution in [0.25, 0.3) is 27.8 Å². The summed E-state index contributed by atoms with van der Waals surface area (Å²) in [5, 5.41) is 11.6. The lowest BCUT2D eigenvalue weighted by Gasteiger charge is -2.16. The molecule has 0 aliphatic heterocycles. The third-order valence-corrected chi connectivity index (χ3v) is 4.42. The fourth-order valence-corrected chi connectivity index (χ4v) is 3.27. The molecule has 3 aromatic heterocycles. The van der Waals surface area contributed by atoms with E-state index >= 15 is 0 Å². The fourth-order valence-electron chi connectivity index (χ4n) is 3.00. The molecule has 4 aromatic rings. The van der Waals surface area contributed by atoms with Gasteiger partial charge < -0.3 is 4.74 Å². The second-order valence-corrected chi connectivity index (χ2v) is 6.35. The van der Waals surface area contributed by atoms with Gasteiger partial charge in [-0.05, 0) is 37.6 Å². The number of hydrogen-bond acceptors (Lipinski definition) is 4. The first kappa shape index (κ1) is 17.6. The van der Waals surface area contributed by atoms with E-state index < -0.39 is 11.7 Å². The van der Waals surface area contributed by atoms with Crippen molar-refractivity contribution in [1.82, 2.24) is 24.8 Å². The van der Waals surface area contributed by atoms with Gasteiger partial charge in [0.1, 0.15) is 0 Å². The number of aryl methyl sites for hydroxylation is 1. The molecule has 0 bridgehead atoms. The summed E-state index contributed by atoms with van der Waals surface area (Å²) < 4.78 is 47.9. The van der Waals surface area contributed by atoms with Crippen LogP contribution in [0.2, 0.25) is 5.02 Å². The van der Waals surface area contributed by atoms with Gasteiger partial charge in [-0.15, -0.1) is 5.10 Å². The number of rotatable bonds is 3. The number of H-pyrrole nitrogens is 1. The lowest BCUT2D eigenvalue weighted by Crippen LogP contribution is -2.12. The van der Waals surface area contributed by atoms with Crippen molar-refractivity contribution in [2.75, 3.05) is 6.61 Å². The Balaban J connectivity index is 2.10. The molecule has 0 amide bonds. The summed E-state index contributed by atoms with van der Waals surface area (Å²) in [7, 11) is 0. The molecule has 0 aliphatic rings. The Labute approximate surface area is 155 Å². The summed E-state index contributed by atoms with van der Waals surface area (Å²) in [5.74, 6) is 0. The van der Waals surface area contributed by atoms with Gasteiger partial charge in [-0.1, -0.05) is 11.6 Å². The van der Waals surface area contributed by atoms with Crippen LogP contribution in [0.5, 0.6) is 6.01 Å². The average molecular weight is 396 g/mol. The van der Waals surface area contributed by atoms with E-state index in [0.29, 0.717) is 23.1 Å². The first-order valence-electron chi connectivity index (χ1n) is 8.03. The van der Waals surface area contributed by atoms with E-state index in [2.05, 4.69) is 20.3 Å². The highest BCUT2D eigenvalue weighted by molar-refractivity contribution is 6.35. The highest BCUT2D eigenvalue weighted by Crippen LogP contribution is 2.40. The van der Waals surface area contributed by atoms with E-state index in [1.165, 1.54) is 12.3 Å². The molecule has 3 heterocycles. The van der Waals surface area contributed by atoms with Gasteiger partial charge in [-0.3, -0.25) is 5.10 Å². The molecule has 0 saturated carbocycles. The van der Waals surface area contributed by atoms with Crippen molar-refractivity contribution in [1.29, 1.82) is 0 Å². The van der Waals surface area contributed by atoms with Crippen molar-refractivity contribution < 1.29 is 17.9 Å². The van der Waals surface area contributed by atoms with Crippen LogP contribution >= 0.6 is 11.6 Å². The first-order valence-corrected chi connectivity index (χ1v) is 8.40. The van der Waals surface area contributed by atoms with Crippen molar-refractivity contribution >= 4 is 28.2 Å². The summed E-state index contributed by atoms with van der Waals surface area (Å²) in [6, 6.07) is 4.09. The molecule has 0 fully saturated rings. The van der Waals surface area contributed by atoms with Crippen molar-refractivity contribution in [3.05, 3.63) is 40.5 Å². The van der Waals surface area contributed by atoms with Crippen molar-refractivity contribution in [3.8, 4) is 17.3 Å². The Morgan fingerprint density at radius 2 is 2.04 bits per heavy atom. The molecule has 6 nitrogen and oxygen atoms in total. The number of fused-ring (bicyclic) bond motifs is 2. The first-order chi connectivity index (χ1) is 12.8. The quantitative estimate of drug-likeness (QED) is 0.548. The third kappa shape index (κ3) is 2.87. The maximum absolute atomic E-state index is 13.8. The van der Waals surface area contributed by atoms with E-state index in [1.807, 2.05) is 0 Å². The Morgan fingerprint density at radius 3 is 2.74 bits per heavy atom. The van der Waals surface area contributed by atoms with E-state index in [-0.39, 0.29) is 27.9 Å². The highest BCUT2D eigenvalue weighted by Gasteiger charge is 2.36. The summed E-state index contributed by atoms with van der Waals surface area (Å²) in [5.41, 5.74) is 0.417. The molecule has 10 heteroatoms. The molecular weight excluding hydrogens is 383 g/mol. The zero-order valence-corrected chi connectivity index (χ0v) is 15.0. The van der Waals surface area contributed by atoms with Gasteiger partial charge in [0.05, 0.1) is 34.6 Å². The molecule has 0 unspecified atom stereocenters. The van der Waals surface area contributed by atoms with Crippen LogP contribution in [0.4, 0.5) is 13.2 Å². The van der Waals surface area contributed by atoms with Crippen LogP contribution < -0.4 is 4.74 Å². The molecule has 0 radical (unpaired) electrons. The van der Waals surface area contributed by atoms with Crippen molar-refractivity contribution in [2.24, 2.45) is 0 Å². The average Bonchev–Trinajstić information content (AvgIpc) is 3.21. The summed E-state index contributed by atoms with van der Waals surface area (Å²) >= 11 is 6.23. The Morgan fingerprint density at radius 1 is 1.26 bits per heavy atom. The largest absolute Gasteiger partial charge is 0.463 e. The minimum absolute atomic E-state index is 0.0108. The van der Waals surface area contributed by atoms with E-state index in [1.54, 1.807) is 19.9 Å². The summed E-state index contributed by atoms with van der Waals surface area (Å²) in [6.45, 7) is 3.59. The Bertz CT molecular complexity index is 1160. The van der Waals surface area contributed by atoms with Crippen molar-refractivity contribution in [3.63, 3.8) is 0 Å². The maximum atomic E-state index is 13.8. The monoisotopic (exact) mass is 395 g/mol. The van der Waals surface area contributed by atoms with Crippen LogP contribution in [-0.4, -0.2) is 31.4 Å². The lowest BCUT2D eigenvalue weighted by atomic mass is 10.0. The normalized spacial score (nSPS) is 12.2. The number of nitrogens with one attached hydrogen (secondary N) is 1. The number of pyridine rings is 1. The van der Waals surface area contributed by atoms with Crippen LogP contribution in [0, 0.1) is 6.92 Å². The van der Waals surface area contributed by atoms with Crippen LogP contribution in [0.15, 0.2) is 24.4 Å². The zero-order valence-electron chi connectivity index (χ0n) is 14.2. The van der Waals surface area contributed by atoms with Gasteiger partial charge in [-0.25, -0.2) is 4.52 Å². The molecule has 0 spiro atoms. The molecule has 1 N–H and O–H groups in total. The predicted octanol–water partition coefficient (Wildman–Crippen LogP) is 4.65. The zero-order chi connectivity index (χ0) is 19.3. The number of hydrogen-bond donors (Lipinski definition) is 1. The Hall–Kier alpha value is -2.81. The van der Waals surface area contributed by atoms with Gasteiger partial charge in [0.2, 0.25) is 0 Å². The summed E-state index contributed by atoms with van der Waals surface area (Å²) in [6.07, 6.45) is -3.10. The molecule has 1 aromatic carbocycles. The minimum Gasteiger partial charge on any atom is -0.463 e. The number of ether oxygens (including phenoxy) is 1. The second kappa shape index (κ2) is 6.12. The standard InChI is InChI=1S/C17H13ClF3N5O/c1-3-27-16-23-15-8(2)4-11(17(19,20)21)14(26(15)25-16)9-5-10-7-22-24-13(10)12(18)6-9/h4-7H,3H2,1-2H3,(H,22,24). The van der Waals surface area contributed by atoms with Gasteiger partial charge >= 0.3 is 12.2 Å².